The third-order valence-electron chi connectivity index (χ3n) is 3.04. The second-order valence-corrected chi connectivity index (χ2v) is 4.96. The van der Waals surface area contributed by atoms with Crippen molar-refractivity contribution in [1.29, 1.82) is 5.41 Å². The van der Waals surface area contributed by atoms with E-state index in [9.17, 15) is 4.39 Å². The summed E-state index contributed by atoms with van der Waals surface area (Å²) in [5.41, 5.74) is 7.92. The number of anilines is 1. The van der Waals surface area contributed by atoms with E-state index in [1.165, 1.54) is 12.1 Å². The van der Waals surface area contributed by atoms with Crippen molar-refractivity contribution in [2.24, 2.45) is 5.73 Å². The maximum absolute atomic E-state index is 13.0. The van der Waals surface area contributed by atoms with E-state index < -0.39 is 0 Å². The van der Waals surface area contributed by atoms with Gasteiger partial charge in [0.15, 0.2) is 0 Å². The maximum Gasteiger partial charge on any atom is 0.124 e. The Hall–Kier alpha value is -2.07. The average Bonchev–Trinajstić information content (AvgIpc) is 2.42. The van der Waals surface area contributed by atoms with Crippen LogP contribution >= 0.6 is 11.6 Å². The molecule has 0 unspecified atom stereocenters. The molecule has 0 heterocycles. The van der Waals surface area contributed by atoms with Gasteiger partial charge in [0.1, 0.15) is 11.7 Å². The quantitative estimate of drug-likeness (QED) is 0.670. The van der Waals surface area contributed by atoms with Crippen molar-refractivity contribution in [2.75, 3.05) is 11.9 Å². The molecule has 20 heavy (non-hydrogen) atoms. The molecule has 2 aromatic carbocycles. The lowest BCUT2D eigenvalue weighted by Crippen LogP contribution is -2.17. The zero-order chi connectivity index (χ0) is 14.7. The van der Waals surface area contributed by atoms with Crippen LogP contribution in [0.2, 0.25) is 5.02 Å². The van der Waals surface area contributed by atoms with Gasteiger partial charge in [-0.25, -0.2) is 4.39 Å². The van der Waals surface area contributed by atoms with Gasteiger partial charge in [-0.05, 0) is 42.0 Å². The van der Waals surface area contributed by atoms with Gasteiger partial charge in [0.25, 0.3) is 0 Å². The summed E-state index contributed by atoms with van der Waals surface area (Å²) in [6, 6.07) is 11.7. The molecule has 0 aliphatic heterocycles. The molecule has 0 atom stereocenters. The minimum Gasteiger partial charge on any atom is -0.384 e. The molecule has 104 valence electrons. The first-order valence-electron chi connectivity index (χ1n) is 6.07. The summed E-state index contributed by atoms with van der Waals surface area (Å²) in [5, 5.41) is 7.77. The molecule has 2 rings (SSSR count). The van der Waals surface area contributed by atoms with Gasteiger partial charge < -0.3 is 10.6 Å². The molecule has 2 aromatic rings. The number of hydrogen-bond acceptors (Lipinski definition) is 2. The van der Waals surface area contributed by atoms with Gasteiger partial charge in [-0.15, -0.1) is 0 Å². The molecule has 5 heteroatoms. The lowest BCUT2D eigenvalue weighted by Gasteiger charge is -2.20. The topological polar surface area (TPSA) is 53.1 Å². The molecular formula is C15H15ClFN3. The zero-order valence-corrected chi connectivity index (χ0v) is 11.8. The van der Waals surface area contributed by atoms with Crippen molar-refractivity contribution in [3.05, 3.63) is 64.4 Å². The van der Waals surface area contributed by atoms with Crippen molar-refractivity contribution < 1.29 is 4.39 Å². The van der Waals surface area contributed by atoms with E-state index in [0.717, 1.165) is 11.3 Å². The van der Waals surface area contributed by atoms with Crippen LogP contribution in [0.25, 0.3) is 0 Å². The van der Waals surface area contributed by atoms with Crippen LogP contribution in [-0.2, 0) is 6.54 Å². The Bertz CT molecular complexity index is 626. The summed E-state index contributed by atoms with van der Waals surface area (Å²) >= 11 is 6.02. The van der Waals surface area contributed by atoms with E-state index in [1.807, 2.05) is 24.1 Å². The molecule has 0 aliphatic carbocycles. The summed E-state index contributed by atoms with van der Waals surface area (Å²) in [4.78, 5) is 1.99. The molecule has 0 amide bonds. The standard InChI is InChI=1S/C15H15ClFN3/c1-20(9-11-2-5-12(17)8-14(11)16)13-6-3-10(4-7-13)15(18)19/h2-8H,9H2,1H3,(H3,18,19). The van der Waals surface area contributed by atoms with Gasteiger partial charge in [-0.3, -0.25) is 5.41 Å². The number of benzene rings is 2. The number of nitrogens with one attached hydrogen (secondary N) is 1. The Morgan fingerprint density at radius 2 is 1.90 bits per heavy atom. The number of rotatable bonds is 4. The number of nitrogen functional groups attached to an aromatic ring is 1. The molecule has 0 fully saturated rings. The van der Waals surface area contributed by atoms with Gasteiger partial charge in [-0.1, -0.05) is 17.7 Å². The Morgan fingerprint density at radius 1 is 1.25 bits per heavy atom. The lowest BCUT2D eigenvalue weighted by atomic mass is 10.1. The number of amidine groups is 1. The summed E-state index contributed by atoms with van der Waals surface area (Å²) in [7, 11) is 1.92. The van der Waals surface area contributed by atoms with Crippen LogP contribution < -0.4 is 10.6 Å². The molecule has 0 aliphatic rings. The van der Waals surface area contributed by atoms with Crippen LogP contribution in [0, 0.1) is 11.2 Å². The Balaban J connectivity index is 2.15. The Kier molecular flexibility index (Phi) is 4.25. The van der Waals surface area contributed by atoms with Crippen LogP contribution in [0.4, 0.5) is 10.1 Å². The number of nitrogens with two attached hydrogens (primary N) is 1. The smallest absolute Gasteiger partial charge is 0.124 e. The fourth-order valence-electron chi connectivity index (χ4n) is 1.89. The fraction of sp³-hybridized carbons (Fsp3) is 0.133. The number of halogens is 2. The molecule has 0 saturated carbocycles. The lowest BCUT2D eigenvalue weighted by molar-refractivity contribution is 0.627. The van der Waals surface area contributed by atoms with E-state index >= 15 is 0 Å². The predicted molar refractivity (Wildman–Crippen MR) is 81.0 cm³/mol. The van der Waals surface area contributed by atoms with Gasteiger partial charge >= 0.3 is 0 Å². The van der Waals surface area contributed by atoms with Crippen LogP contribution in [0.1, 0.15) is 11.1 Å². The molecule has 0 spiro atoms. The third kappa shape index (κ3) is 3.27. The number of hydrogen-bond donors (Lipinski definition) is 2. The largest absolute Gasteiger partial charge is 0.384 e. The van der Waals surface area contributed by atoms with Crippen LogP contribution in [-0.4, -0.2) is 12.9 Å². The second-order valence-electron chi connectivity index (χ2n) is 4.55. The highest BCUT2D eigenvalue weighted by Crippen LogP contribution is 2.22. The average molecular weight is 292 g/mol. The Morgan fingerprint density at radius 3 is 2.45 bits per heavy atom. The third-order valence-corrected chi connectivity index (χ3v) is 3.39. The predicted octanol–water partition coefficient (Wildman–Crippen LogP) is 3.40. The van der Waals surface area contributed by atoms with Gasteiger partial charge in [0, 0.05) is 29.9 Å². The van der Waals surface area contributed by atoms with Gasteiger partial charge in [0.05, 0.1) is 0 Å². The molecule has 3 nitrogen and oxygen atoms in total. The van der Waals surface area contributed by atoms with Crippen molar-refractivity contribution in [3.63, 3.8) is 0 Å². The normalized spacial score (nSPS) is 10.3. The summed E-state index contributed by atoms with van der Waals surface area (Å²) in [6.45, 7) is 0.568. The second kappa shape index (κ2) is 5.92. The van der Waals surface area contributed by atoms with E-state index in [0.29, 0.717) is 17.1 Å². The van der Waals surface area contributed by atoms with Crippen molar-refractivity contribution in [1.82, 2.24) is 0 Å². The number of nitrogens with zero attached hydrogens (tertiary/aromatic N) is 1. The molecule has 0 bridgehead atoms. The summed E-state index contributed by atoms with van der Waals surface area (Å²) in [5.74, 6) is -0.298. The SMILES string of the molecule is CN(Cc1ccc(F)cc1Cl)c1ccc(C(=N)N)cc1. The van der Waals surface area contributed by atoms with E-state index in [-0.39, 0.29) is 11.7 Å². The van der Waals surface area contributed by atoms with Gasteiger partial charge in [-0.2, -0.15) is 0 Å². The molecule has 0 radical (unpaired) electrons. The minimum atomic E-state index is -0.341. The maximum atomic E-state index is 13.0. The van der Waals surface area contributed by atoms with Crippen molar-refractivity contribution >= 4 is 23.1 Å². The van der Waals surface area contributed by atoms with E-state index in [1.54, 1.807) is 18.2 Å². The van der Waals surface area contributed by atoms with Crippen molar-refractivity contribution in [3.8, 4) is 0 Å². The first-order valence-corrected chi connectivity index (χ1v) is 6.44. The Labute approximate surface area is 122 Å². The monoisotopic (exact) mass is 291 g/mol. The zero-order valence-electron chi connectivity index (χ0n) is 11.0. The minimum absolute atomic E-state index is 0.0424. The first kappa shape index (κ1) is 14.3. The highest BCUT2D eigenvalue weighted by Gasteiger charge is 2.07. The summed E-state index contributed by atoms with van der Waals surface area (Å²) in [6.07, 6.45) is 0. The molecule has 0 aromatic heterocycles. The van der Waals surface area contributed by atoms with Gasteiger partial charge in [0.2, 0.25) is 0 Å². The highest BCUT2D eigenvalue weighted by molar-refractivity contribution is 6.31. The molecular weight excluding hydrogens is 277 g/mol. The highest BCUT2D eigenvalue weighted by atomic mass is 35.5. The van der Waals surface area contributed by atoms with Crippen LogP contribution in [0.3, 0.4) is 0 Å². The van der Waals surface area contributed by atoms with Crippen LogP contribution in [0.5, 0.6) is 0 Å². The van der Waals surface area contributed by atoms with Crippen molar-refractivity contribution in [2.45, 2.75) is 6.54 Å². The van der Waals surface area contributed by atoms with E-state index in [4.69, 9.17) is 22.7 Å². The molecule has 3 N–H and O–H groups in total. The molecule has 0 saturated heterocycles. The van der Waals surface area contributed by atoms with E-state index in [2.05, 4.69) is 0 Å². The fourth-order valence-corrected chi connectivity index (χ4v) is 2.12. The summed E-state index contributed by atoms with van der Waals surface area (Å²) < 4.78 is 13.0. The first-order chi connectivity index (χ1) is 9.47. The van der Waals surface area contributed by atoms with Crippen LogP contribution in [0.15, 0.2) is 42.5 Å².